The van der Waals surface area contributed by atoms with Gasteiger partial charge in [0.05, 0.1) is 25.1 Å². The Morgan fingerprint density at radius 2 is 2.00 bits per heavy atom. The Balaban J connectivity index is 1.74. The fourth-order valence-corrected chi connectivity index (χ4v) is 2.60. The number of hydrogen-bond donors (Lipinski definition) is 1. The molecule has 2 aromatic carbocycles. The number of nitrogens with one attached hydrogen (secondary N) is 1. The molecule has 0 fully saturated rings. The molecule has 1 heterocycles. The first-order chi connectivity index (χ1) is 10.8. The molecule has 3 rings (SSSR count). The summed E-state index contributed by atoms with van der Waals surface area (Å²) in [5, 5.41) is 11.7. The molecule has 1 amide bonds. The fourth-order valence-electron chi connectivity index (χ4n) is 2.60. The maximum absolute atomic E-state index is 12.4. The number of fused-ring (bicyclic) bond motifs is 1. The molecule has 0 saturated heterocycles. The van der Waals surface area contributed by atoms with Gasteiger partial charge in [0, 0.05) is 17.5 Å². The zero-order valence-corrected chi connectivity index (χ0v) is 12.1. The number of ether oxygens (including phenoxy) is 1. The highest BCUT2D eigenvalue weighted by Gasteiger charge is 2.22. The highest BCUT2D eigenvalue weighted by molar-refractivity contribution is 5.94. The van der Waals surface area contributed by atoms with Gasteiger partial charge in [-0.2, -0.15) is 5.26 Å². The molecule has 0 aromatic heterocycles. The molecule has 0 radical (unpaired) electrons. The first-order valence-corrected chi connectivity index (χ1v) is 7.26. The van der Waals surface area contributed by atoms with Crippen molar-refractivity contribution in [2.45, 2.75) is 18.9 Å². The summed E-state index contributed by atoms with van der Waals surface area (Å²) >= 11 is 0. The van der Waals surface area contributed by atoms with Crippen molar-refractivity contribution in [3.63, 3.8) is 0 Å². The van der Waals surface area contributed by atoms with Gasteiger partial charge in [0.15, 0.2) is 0 Å². The van der Waals surface area contributed by atoms with Gasteiger partial charge in [0.1, 0.15) is 5.75 Å². The van der Waals surface area contributed by atoms with E-state index in [-0.39, 0.29) is 11.9 Å². The Hall–Kier alpha value is -2.80. The first kappa shape index (κ1) is 14.2. The summed E-state index contributed by atoms with van der Waals surface area (Å²) in [6.45, 7) is 0.600. The van der Waals surface area contributed by atoms with Crippen molar-refractivity contribution in [1.29, 1.82) is 5.26 Å². The number of nitrogens with zero attached hydrogens (tertiary/aromatic N) is 1. The van der Waals surface area contributed by atoms with E-state index in [0.717, 1.165) is 23.3 Å². The van der Waals surface area contributed by atoms with Crippen LogP contribution in [-0.4, -0.2) is 12.5 Å². The summed E-state index contributed by atoms with van der Waals surface area (Å²) in [5.74, 6) is 0.730. The van der Waals surface area contributed by atoms with E-state index >= 15 is 0 Å². The summed E-state index contributed by atoms with van der Waals surface area (Å²) in [6.07, 6.45) is 1.12. The molecular formula is C18H16N2O2. The van der Waals surface area contributed by atoms with E-state index in [0.29, 0.717) is 18.6 Å². The Bertz CT molecular complexity index is 717. The summed E-state index contributed by atoms with van der Waals surface area (Å²) < 4.78 is 5.60. The molecule has 1 aliphatic rings. The van der Waals surface area contributed by atoms with Gasteiger partial charge in [0.25, 0.3) is 5.91 Å². The average molecular weight is 292 g/mol. The van der Waals surface area contributed by atoms with Gasteiger partial charge in [-0.1, -0.05) is 30.3 Å². The van der Waals surface area contributed by atoms with E-state index in [9.17, 15) is 4.79 Å². The van der Waals surface area contributed by atoms with Crippen LogP contribution in [0.2, 0.25) is 0 Å². The van der Waals surface area contributed by atoms with E-state index in [1.165, 1.54) is 0 Å². The van der Waals surface area contributed by atoms with E-state index in [2.05, 4.69) is 11.4 Å². The molecule has 1 atom stereocenters. The number of rotatable bonds is 3. The lowest BCUT2D eigenvalue weighted by Gasteiger charge is -2.26. The molecule has 4 heteroatoms. The molecule has 0 bridgehead atoms. The normalized spacial score (nSPS) is 16.0. The van der Waals surface area contributed by atoms with Crippen LogP contribution in [-0.2, 0) is 6.42 Å². The number of nitriles is 1. The third-order valence-corrected chi connectivity index (χ3v) is 3.76. The molecular weight excluding hydrogens is 276 g/mol. The Morgan fingerprint density at radius 3 is 2.77 bits per heavy atom. The molecule has 110 valence electrons. The molecule has 0 saturated carbocycles. The minimum absolute atomic E-state index is 0.0313. The van der Waals surface area contributed by atoms with Crippen molar-refractivity contribution < 1.29 is 9.53 Å². The highest BCUT2D eigenvalue weighted by Crippen LogP contribution is 2.31. The number of amides is 1. The molecule has 1 aliphatic heterocycles. The number of carbonyl (C=O) groups is 1. The van der Waals surface area contributed by atoms with Crippen LogP contribution in [0, 0.1) is 11.3 Å². The van der Waals surface area contributed by atoms with Gasteiger partial charge in [-0.3, -0.25) is 4.79 Å². The van der Waals surface area contributed by atoms with E-state index in [1.54, 1.807) is 12.1 Å². The van der Waals surface area contributed by atoms with Crippen LogP contribution in [0.1, 0.15) is 33.9 Å². The second kappa shape index (κ2) is 6.31. The van der Waals surface area contributed by atoms with Crippen molar-refractivity contribution in [2.24, 2.45) is 0 Å². The van der Waals surface area contributed by atoms with Crippen LogP contribution in [0.4, 0.5) is 0 Å². The minimum atomic E-state index is -0.106. The van der Waals surface area contributed by atoms with Gasteiger partial charge in [-0.15, -0.1) is 0 Å². The van der Waals surface area contributed by atoms with Gasteiger partial charge in [-0.05, 0) is 23.8 Å². The summed E-state index contributed by atoms with van der Waals surface area (Å²) in [6, 6.07) is 17.0. The van der Waals surface area contributed by atoms with Crippen LogP contribution in [0.15, 0.2) is 48.5 Å². The van der Waals surface area contributed by atoms with Crippen molar-refractivity contribution in [3.05, 3.63) is 65.2 Å². The molecule has 0 unspecified atom stereocenters. The van der Waals surface area contributed by atoms with E-state index in [4.69, 9.17) is 10.00 Å². The lowest BCUT2D eigenvalue weighted by Crippen LogP contribution is -2.32. The molecule has 0 aliphatic carbocycles. The Kier molecular flexibility index (Phi) is 4.06. The smallest absolute Gasteiger partial charge is 0.251 e. The quantitative estimate of drug-likeness (QED) is 0.946. The second-order valence-corrected chi connectivity index (χ2v) is 5.23. The minimum Gasteiger partial charge on any atom is -0.493 e. The third-order valence-electron chi connectivity index (χ3n) is 3.76. The van der Waals surface area contributed by atoms with Crippen molar-refractivity contribution in [1.82, 2.24) is 5.32 Å². The summed E-state index contributed by atoms with van der Waals surface area (Å²) in [5.41, 5.74) is 2.53. The lowest BCUT2D eigenvalue weighted by molar-refractivity contribution is 0.0925. The Labute approximate surface area is 129 Å². The highest BCUT2D eigenvalue weighted by atomic mass is 16.5. The zero-order chi connectivity index (χ0) is 15.4. The van der Waals surface area contributed by atoms with Crippen LogP contribution >= 0.6 is 0 Å². The van der Waals surface area contributed by atoms with Crippen LogP contribution in [0.3, 0.4) is 0 Å². The van der Waals surface area contributed by atoms with Crippen molar-refractivity contribution in [2.75, 3.05) is 6.61 Å². The number of hydrogen-bond acceptors (Lipinski definition) is 3. The van der Waals surface area contributed by atoms with E-state index in [1.807, 2.05) is 36.4 Å². The standard InChI is InChI=1S/C18H16N2O2/c19-11-9-13-5-7-14(8-6-13)18(21)20-16-10-12-22-17-4-2-1-3-15(16)17/h1-8,16H,9-10,12H2,(H,20,21)/t16-/m1/s1. The van der Waals surface area contributed by atoms with Crippen molar-refractivity contribution >= 4 is 5.91 Å². The first-order valence-electron chi connectivity index (χ1n) is 7.26. The maximum Gasteiger partial charge on any atom is 0.251 e. The van der Waals surface area contributed by atoms with Crippen molar-refractivity contribution in [3.8, 4) is 11.8 Å². The van der Waals surface area contributed by atoms with Gasteiger partial charge in [0.2, 0.25) is 0 Å². The zero-order valence-electron chi connectivity index (χ0n) is 12.1. The maximum atomic E-state index is 12.4. The second-order valence-electron chi connectivity index (χ2n) is 5.23. The monoisotopic (exact) mass is 292 g/mol. The predicted octanol–water partition coefficient (Wildman–Crippen LogP) is 3.01. The molecule has 4 nitrogen and oxygen atoms in total. The Morgan fingerprint density at radius 1 is 1.23 bits per heavy atom. The van der Waals surface area contributed by atoms with Gasteiger partial charge < -0.3 is 10.1 Å². The predicted molar refractivity (Wildman–Crippen MR) is 82.5 cm³/mol. The molecule has 22 heavy (non-hydrogen) atoms. The summed E-state index contributed by atoms with van der Waals surface area (Å²) in [4.78, 5) is 12.4. The fraction of sp³-hybridized carbons (Fsp3) is 0.222. The number of carbonyl (C=O) groups excluding carboxylic acids is 1. The average Bonchev–Trinajstić information content (AvgIpc) is 2.56. The SMILES string of the molecule is N#CCc1ccc(C(=O)N[C@@H]2CCOc3ccccc32)cc1. The van der Waals surface area contributed by atoms with Crippen LogP contribution in [0.5, 0.6) is 5.75 Å². The molecule has 2 aromatic rings. The third kappa shape index (κ3) is 2.94. The summed E-state index contributed by atoms with van der Waals surface area (Å²) in [7, 11) is 0. The number of para-hydroxylation sites is 1. The van der Waals surface area contributed by atoms with Crippen LogP contribution in [0.25, 0.3) is 0 Å². The van der Waals surface area contributed by atoms with Crippen LogP contribution < -0.4 is 10.1 Å². The largest absolute Gasteiger partial charge is 0.493 e. The van der Waals surface area contributed by atoms with Gasteiger partial charge in [-0.25, -0.2) is 0 Å². The molecule has 1 N–H and O–H groups in total. The van der Waals surface area contributed by atoms with E-state index < -0.39 is 0 Å². The topological polar surface area (TPSA) is 62.1 Å². The number of benzene rings is 2. The lowest BCUT2D eigenvalue weighted by atomic mass is 10.00. The molecule has 0 spiro atoms. The van der Waals surface area contributed by atoms with Gasteiger partial charge >= 0.3 is 0 Å².